The molecule has 2 heteroatoms. The van der Waals surface area contributed by atoms with Gasteiger partial charge in [0.1, 0.15) is 0 Å². The van der Waals surface area contributed by atoms with E-state index in [1.54, 1.807) is 0 Å². The second-order valence-corrected chi connectivity index (χ2v) is 6.79. The lowest BCUT2D eigenvalue weighted by Crippen LogP contribution is -2.44. The van der Waals surface area contributed by atoms with Crippen molar-refractivity contribution in [3.8, 4) is 0 Å². The van der Waals surface area contributed by atoms with Crippen LogP contribution >= 0.6 is 0 Å². The molecule has 0 saturated heterocycles. The van der Waals surface area contributed by atoms with Gasteiger partial charge in [0, 0.05) is 12.6 Å². The first kappa shape index (κ1) is 16.5. The summed E-state index contributed by atoms with van der Waals surface area (Å²) in [5.74, 6) is 0.685. The fraction of sp³-hybridized carbons (Fsp3) is 0.684. The summed E-state index contributed by atoms with van der Waals surface area (Å²) in [5, 5.41) is 0. The molecule has 1 aliphatic carbocycles. The predicted octanol–water partition coefficient (Wildman–Crippen LogP) is 3.95. The molecule has 0 amide bonds. The lowest BCUT2D eigenvalue weighted by Gasteiger charge is -2.39. The van der Waals surface area contributed by atoms with Crippen LogP contribution in [-0.4, -0.2) is 24.0 Å². The van der Waals surface area contributed by atoms with E-state index in [2.05, 4.69) is 44.7 Å². The van der Waals surface area contributed by atoms with Crippen molar-refractivity contribution < 1.29 is 0 Å². The first-order valence-electron chi connectivity index (χ1n) is 8.57. The van der Waals surface area contributed by atoms with Gasteiger partial charge in [-0.3, -0.25) is 4.90 Å². The van der Waals surface area contributed by atoms with Gasteiger partial charge >= 0.3 is 0 Å². The summed E-state index contributed by atoms with van der Waals surface area (Å²) in [7, 11) is 0. The summed E-state index contributed by atoms with van der Waals surface area (Å²) in [6.07, 6.45) is 5.35. The Balaban J connectivity index is 2.19. The molecule has 0 spiro atoms. The highest BCUT2D eigenvalue weighted by atomic mass is 15.2. The highest BCUT2D eigenvalue weighted by molar-refractivity contribution is 5.37. The fourth-order valence-electron chi connectivity index (χ4n) is 4.07. The molecule has 1 fully saturated rings. The summed E-state index contributed by atoms with van der Waals surface area (Å²) in [6.45, 7) is 12.0. The van der Waals surface area contributed by atoms with Crippen molar-refractivity contribution in [3.05, 3.63) is 34.4 Å². The normalized spacial score (nSPS) is 22.8. The van der Waals surface area contributed by atoms with Gasteiger partial charge < -0.3 is 5.73 Å². The molecule has 2 atom stereocenters. The number of hydrogen-bond acceptors (Lipinski definition) is 2. The molecule has 1 saturated carbocycles. The molecule has 1 aliphatic rings. The maximum Gasteiger partial charge on any atom is 0.0241 e. The number of aryl methyl sites for hydroxylation is 3. The molecule has 0 bridgehead atoms. The van der Waals surface area contributed by atoms with Crippen molar-refractivity contribution in [2.75, 3.05) is 13.1 Å². The molecule has 0 heterocycles. The molecule has 0 aromatic heterocycles. The SMILES string of the molecule is CCN(Cc1c(C)cc(C)cc1C)C1CCCCC1CN. The molecule has 2 unspecified atom stereocenters. The van der Waals surface area contributed by atoms with Crippen LogP contribution in [0.2, 0.25) is 0 Å². The van der Waals surface area contributed by atoms with Crippen molar-refractivity contribution in [3.63, 3.8) is 0 Å². The van der Waals surface area contributed by atoms with E-state index in [1.165, 1.54) is 47.9 Å². The fourth-order valence-corrected chi connectivity index (χ4v) is 4.07. The van der Waals surface area contributed by atoms with Crippen molar-refractivity contribution >= 4 is 0 Å². The van der Waals surface area contributed by atoms with Crippen LogP contribution in [-0.2, 0) is 6.54 Å². The topological polar surface area (TPSA) is 29.3 Å². The molecule has 1 aromatic carbocycles. The van der Waals surface area contributed by atoms with Crippen LogP contribution in [0, 0.1) is 26.7 Å². The Labute approximate surface area is 130 Å². The van der Waals surface area contributed by atoms with Gasteiger partial charge in [0.15, 0.2) is 0 Å². The Morgan fingerprint density at radius 2 is 1.71 bits per heavy atom. The number of hydrogen-bond donors (Lipinski definition) is 1. The van der Waals surface area contributed by atoms with Crippen LogP contribution in [0.15, 0.2) is 12.1 Å². The van der Waals surface area contributed by atoms with Crippen molar-refractivity contribution in [2.24, 2.45) is 11.7 Å². The molecular weight excluding hydrogens is 256 g/mol. The van der Waals surface area contributed by atoms with Gasteiger partial charge in [-0.1, -0.05) is 37.5 Å². The Hall–Kier alpha value is -0.860. The Bertz CT molecular complexity index is 444. The highest BCUT2D eigenvalue weighted by Gasteiger charge is 2.28. The van der Waals surface area contributed by atoms with Crippen LogP contribution < -0.4 is 5.73 Å². The van der Waals surface area contributed by atoms with Gasteiger partial charge in [-0.15, -0.1) is 0 Å². The molecule has 1 aromatic rings. The van der Waals surface area contributed by atoms with Gasteiger partial charge in [0.25, 0.3) is 0 Å². The smallest absolute Gasteiger partial charge is 0.0241 e. The van der Waals surface area contributed by atoms with Gasteiger partial charge in [0.05, 0.1) is 0 Å². The van der Waals surface area contributed by atoms with Gasteiger partial charge in [-0.2, -0.15) is 0 Å². The standard InChI is InChI=1S/C19H32N2/c1-5-21(19-9-7-6-8-17(19)12-20)13-18-15(3)10-14(2)11-16(18)4/h10-11,17,19H,5-9,12-13,20H2,1-4H3. The predicted molar refractivity (Wildman–Crippen MR) is 91.5 cm³/mol. The average Bonchev–Trinajstić information content (AvgIpc) is 2.46. The highest BCUT2D eigenvalue weighted by Crippen LogP contribution is 2.30. The zero-order chi connectivity index (χ0) is 15.4. The third-order valence-electron chi connectivity index (χ3n) is 5.25. The average molecular weight is 288 g/mol. The maximum atomic E-state index is 6.03. The summed E-state index contributed by atoms with van der Waals surface area (Å²) in [5.41, 5.74) is 11.8. The number of rotatable bonds is 5. The lowest BCUT2D eigenvalue weighted by molar-refractivity contribution is 0.105. The van der Waals surface area contributed by atoms with Crippen LogP contribution in [0.5, 0.6) is 0 Å². The Morgan fingerprint density at radius 1 is 1.10 bits per heavy atom. The first-order valence-corrected chi connectivity index (χ1v) is 8.57. The van der Waals surface area contributed by atoms with Crippen molar-refractivity contribution in [1.82, 2.24) is 4.90 Å². The summed E-state index contributed by atoms with van der Waals surface area (Å²) in [4.78, 5) is 2.67. The van der Waals surface area contributed by atoms with E-state index in [4.69, 9.17) is 5.73 Å². The largest absolute Gasteiger partial charge is 0.330 e. The van der Waals surface area contributed by atoms with E-state index >= 15 is 0 Å². The monoisotopic (exact) mass is 288 g/mol. The van der Waals surface area contributed by atoms with Gasteiger partial charge in [-0.25, -0.2) is 0 Å². The van der Waals surface area contributed by atoms with E-state index < -0.39 is 0 Å². The minimum Gasteiger partial charge on any atom is -0.330 e. The van der Waals surface area contributed by atoms with Crippen LogP contribution in [0.25, 0.3) is 0 Å². The van der Waals surface area contributed by atoms with Gasteiger partial charge in [0.2, 0.25) is 0 Å². The molecule has 2 nitrogen and oxygen atoms in total. The number of benzene rings is 1. The number of nitrogens with two attached hydrogens (primary N) is 1. The summed E-state index contributed by atoms with van der Waals surface area (Å²) < 4.78 is 0. The molecule has 0 aliphatic heterocycles. The van der Waals surface area contributed by atoms with Crippen LogP contribution in [0.1, 0.15) is 54.9 Å². The second kappa shape index (κ2) is 7.42. The molecular formula is C19H32N2. The van der Waals surface area contributed by atoms with Crippen molar-refractivity contribution in [1.29, 1.82) is 0 Å². The third-order valence-corrected chi connectivity index (χ3v) is 5.25. The maximum absolute atomic E-state index is 6.03. The van der Waals surface area contributed by atoms with E-state index in [0.29, 0.717) is 12.0 Å². The van der Waals surface area contributed by atoms with E-state index in [9.17, 15) is 0 Å². The Kier molecular flexibility index (Phi) is 5.83. The number of nitrogens with zero attached hydrogens (tertiary/aromatic N) is 1. The zero-order valence-corrected chi connectivity index (χ0v) is 14.3. The molecule has 2 rings (SSSR count). The summed E-state index contributed by atoms with van der Waals surface area (Å²) in [6, 6.07) is 5.31. The van der Waals surface area contributed by atoms with Crippen LogP contribution in [0.3, 0.4) is 0 Å². The second-order valence-electron chi connectivity index (χ2n) is 6.79. The first-order chi connectivity index (χ1) is 10.1. The van der Waals surface area contributed by atoms with Crippen LogP contribution in [0.4, 0.5) is 0 Å². The minimum atomic E-state index is 0.675. The summed E-state index contributed by atoms with van der Waals surface area (Å²) >= 11 is 0. The molecule has 0 radical (unpaired) electrons. The quantitative estimate of drug-likeness (QED) is 0.889. The van der Waals surface area contributed by atoms with E-state index in [1.807, 2.05) is 0 Å². The van der Waals surface area contributed by atoms with E-state index in [-0.39, 0.29) is 0 Å². The third kappa shape index (κ3) is 3.87. The minimum absolute atomic E-state index is 0.675. The van der Waals surface area contributed by atoms with Crippen molar-refractivity contribution in [2.45, 2.75) is 66.0 Å². The molecule has 2 N–H and O–H groups in total. The van der Waals surface area contributed by atoms with Gasteiger partial charge in [-0.05, 0) is 69.3 Å². The lowest BCUT2D eigenvalue weighted by atomic mass is 9.83. The Morgan fingerprint density at radius 3 is 2.29 bits per heavy atom. The molecule has 21 heavy (non-hydrogen) atoms. The van der Waals surface area contributed by atoms with E-state index in [0.717, 1.165) is 19.6 Å². The molecule has 118 valence electrons. The zero-order valence-electron chi connectivity index (χ0n) is 14.3.